The van der Waals surface area contributed by atoms with Crippen molar-refractivity contribution in [1.29, 1.82) is 0 Å². The van der Waals surface area contributed by atoms with Gasteiger partial charge in [0.1, 0.15) is 11.6 Å². The Hall–Kier alpha value is -3.35. The molecular formula is C25H30FN5O. The van der Waals surface area contributed by atoms with E-state index in [2.05, 4.69) is 22.3 Å². The maximum atomic E-state index is 14.1. The van der Waals surface area contributed by atoms with E-state index in [-0.39, 0.29) is 24.4 Å². The molecule has 4 rings (SSSR count). The second-order valence-corrected chi connectivity index (χ2v) is 8.65. The van der Waals surface area contributed by atoms with E-state index in [1.54, 1.807) is 23.1 Å². The monoisotopic (exact) mass is 435 g/mol. The summed E-state index contributed by atoms with van der Waals surface area (Å²) < 4.78 is 14.1. The zero-order chi connectivity index (χ0) is 22.7. The minimum Gasteiger partial charge on any atom is -0.377 e. The van der Waals surface area contributed by atoms with Gasteiger partial charge in [-0.3, -0.25) is 0 Å². The van der Waals surface area contributed by atoms with Gasteiger partial charge in [-0.15, -0.1) is 0 Å². The van der Waals surface area contributed by atoms with Crippen molar-refractivity contribution in [2.75, 3.05) is 24.3 Å². The van der Waals surface area contributed by atoms with Crippen molar-refractivity contribution in [2.45, 2.75) is 44.3 Å². The summed E-state index contributed by atoms with van der Waals surface area (Å²) in [5.74, 6) is 0.544. The fourth-order valence-corrected chi connectivity index (χ4v) is 4.54. The molecule has 3 aromatic rings. The number of nitrogens with two attached hydrogens (primary N) is 1. The lowest BCUT2D eigenvalue weighted by Gasteiger charge is -2.36. The first-order chi connectivity index (χ1) is 15.4. The van der Waals surface area contributed by atoms with Crippen molar-refractivity contribution in [3.8, 4) is 0 Å². The summed E-state index contributed by atoms with van der Waals surface area (Å²) >= 11 is 0. The van der Waals surface area contributed by atoms with Crippen LogP contribution in [0.25, 0.3) is 10.9 Å². The van der Waals surface area contributed by atoms with E-state index in [0.29, 0.717) is 5.56 Å². The van der Waals surface area contributed by atoms with E-state index < -0.39 is 6.03 Å². The summed E-state index contributed by atoms with van der Waals surface area (Å²) in [7, 11) is 4.06. The molecule has 0 spiro atoms. The molecule has 1 aliphatic carbocycles. The van der Waals surface area contributed by atoms with Crippen molar-refractivity contribution in [3.05, 3.63) is 66.0 Å². The average molecular weight is 436 g/mol. The van der Waals surface area contributed by atoms with Gasteiger partial charge in [-0.05, 0) is 37.8 Å². The molecule has 1 heterocycles. The van der Waals surface area contributed by atoms with Crippen molar-refractivity contribution in [1.82, 2.24) is 9.88 Å². The molecule has 0 radical (unpaired) electrons. The van der Waals surface area contributed by atoms with Crippen molar-refractivity contribution in [3.63, 3.8) is 0 Å². The van der Waals surface area contributed by atoms with E-state index in [4.69, 9.17) is 10.7 Å². The SMILES string of the molecule is CN(C)c1cc(N[C@H]2CC[C@@H](N(Cc3ccccc3F)C(N)=O)CC2)nc2ccccc12. The molecule has 0 atom stereocenters. The van der Waals surface area contributed by atoms with Gasteiger partial charge in [-0.25, -0.2) is 14.2 Å². The fraction of sp³-hybridized carbons (Fsp3) is 0.360. The normalized spacial score (nSPS) is 18.3. The first kappa shape index (κ1) is 21.9. The van der Waals surface area contributed by atoms with Gasteiger partial charge in [-0.1, -0.05) is 36.4 Å². The van der Waals surface area contributed by atoms with Crippen LogP contribution >= 0.6 is 0 Å². The van der Waals surface area contributed by atoms with E-state index >= 15 is 0 Å². The number of nitrogens with one attached hydrogen (secondary N) is 1. The van der Waals surface area contributed by atoms with Gasteiger partial charge in [0.05, 0.1) is 12.1 Å². The first-order valence-corrected chi connectivity index (χ1v) is 11.1. The lowest BCUT2D eigenvalue weighted by Crippen LogP contribution is -2.46. The van der Waals surface area contributed by atoms with Crippen LogP contribution in [-0.4, -0.2) is 42.1 Å². The summed E-state index contributed by atoms with van der Waals surface area (Å²) in [6.45, 7) is 0.198. The zero-order valence-electron chi connectivity index (χ0n) is 18.6. The number of urea groups is 1. The summed E-state index contributed by atoms with van der Waals surface area (Å²) in [5.41, 5.74) is 8.22. The predicted octanol–water partition coefficient (Wildman–Crippen LogP) is 4.74. The van der Waals surface area contributed by atoms with Gasteiger partial charge in [0.25, 0.3) is 0 Å². The van der Waals surface area contributed by atoms with Crippen LogP contribution in [0.4, 0.5) is 20.7 Å². The quantitative estimate of drug-likeness (QED) is 0.586. The fourth-order valence-electron chi connectivity index (χ4n) is 4.54. The van der Waals surface area contributed by atoms with Crippen LogP contribution in [0.5, 0.6) is 0 Å². The second-order valence-electron chi connectivity index (χ2n) is 8.65. The number of primary amides is 1. The molecule has 0 aliphatic heterocycles. The summed E-state index contributed by atoms with van der Waals surface area (Å²) in [6.07, 6.45) is 3.39. The number of fused-ring (bicyclic) bond motifs is 1. The Balaban J connectivity index is 1.43. The highest BCUT2D eigenvalue weighted by Gasteiger charge is 2.28. The van der Waals surface area contributed by atoms with Crippen LogP contribution in [0.2, 0.25) is 0 Å². The number of carbonyl (C=O) groups excluding carboxylic acids is 1. The van der Waals surface area contributed by atoms with Crippen molar-refractivity contribution < 1.29 is 9.18 Å². The highest BCUT2D eigenvalue weighted by atomic mass is 19.1. The standard InChI is InChI=1S/C25H30FN5O/c1-30(2)23-15-24(29-22-10-6-4-8-20(22)23)28-18-11-13-19(14-12-18)31(25(27)32)16-17-7-3-5-9-21(17)26/h3-10,15,18-19H,11-14,16H2,1-2H3,(H2,27,32)(H,28,29)/t18-,19+. The molecule has 2 aromatic carbocycles. The van der Waals surface area contributed by atoms with Crippen LogP contribution in [0.1, 0.15) is 31.2 Å². The smallest absolute Gasteiger partial charge is 0.315 e. The van der Waals surface area contributed by atoms with Gasteiger partial charge in [0, 0.05) is 48.9 Å². The molecule has 1 aliphatic rings. The molecule has 32 heavy (non-hydrogen) atoms. The third kappa shape index (κ3) is 4.77. The number of hydrogen-bond donors (Lipinski definition) is 2. The topological polar surface area (TPSA) is 74.5 Å². The van der Waals surface area contributed by atoms with Crippen LogP contribution in [0.3, 0.4) is 0 Å². The lowest BCUT2D eigenvalue weighted by atomic mass is 9.90. The highest BCUT2D eigenvalue weighted by molar-refractivity contribution is 5.93. The molecule has 7 heteroatoms. The Morgan fingerprint density at radius 3 is 2.47 bits per heavy atom. The van der Waals surface area contributed by atoms with Crippen molar-refractivity contribution in [2.24, 2.45) is 5.73 Å². The number of benzene rings is 2. The molecule has 1 saturated carbocycles. The Kier molecular flexibility index (Phi) is 6.44. The number of rotatable bonds is 6. The number of pyridine rings is 1. The number of amides is 2. The third-order valence-corrected chi connectivity index (χ3v) is 6.25. The summed E-state index contributed by atoms with van der Waals surface area (Å²) in [4.78, 5) is 20.6. The highest BCUT2D eigenvalue weighted by Crippen LogP contribution is 2.30. The zero-order valence-corrected chi connectivity index (χ0v) is 18.6. The minimum atomic E-state index is -0.503. The molecule has 0 bridgehead atoms. The van der Waals surface area contributed by atoms with E-state index in [9.17, 15) is 9.18 Å². The lowest BCUT2D eigenvalue weighted by molar-refractivity contribution is 0.155. The van der Waals surface area contributed by atoms with Crippen LogP contribution in [0.15, 0.2) is 54.6 Å². The van der Waals surface area contributed by atoms with Gasteiger partial charge in [0.15, 0.2) is 0 Å². The number of hydrogen-bond acceptors (Lipinski definition) is 4. The number of carbonyl (C=O) groups is 1. The third-order valence-electron chi connectivity index (χ3n) is 6.25. The Morgan fingerprint density at radius 2 is 1.78 bits per heavy atom. The number of aromatic nitrogens is 1. The molecule has 0 unspecified atom stereocenters. The average Bonchev–Trinajstić information content (AvgIpc) is 2.78. The number of para-hydroxylation sites is 1. The number of halogens is 1. The molecule has 168 valence electrons. The van der Waals surface area contributed by atoms with Gasteiger partial charge < -0.3 is 20.9 Å². The van der Waals surface area contributed by atoms with Crippen LogP contribution in [-0.2, 0) is 6.54 Å². The van der Waals surface area contributed by atoms with Crippen LogP contribution in [0, 0.1) is 5.82 Å². The van der Waals surface area contributed by atoms with E-state index in [1.807, 2.05) is 32.3 Å². The van der Waals surface area contributed by atoms with Crippen LogP contribution < -0.4 is 16.0 Å². The summed E-state index contributed by atoms with van der Waals surface area (Å²) in [6, 6.07) is 16.5. The molecule has 1 aromatic heterocycles. The largest absolute Gasteiger partial charge is 0.377 e. The van der Waals surface area contributed by atoms with Gasteiger partial charge in [0.2, 0.25) is 0 Å². The Bertz CT molecular complexity index is 1090. The van der Waals surface area contributed by atoms with E-state index in [0.717, 1.165) is 48.1 Å². The number of anilines is 2. The maximum absolute atomic E-state index is 14.1. The molecule has 0 saturated heterocycles. The maximum Gasteiger partial charge on any atom is 0.315 e. The molecule has 6 nitrogen and oxygen atoms in total. The molecule has 3 N–H and O–H groups in total. The van der Waals surface area contributed by atoms with Gasteiger partial charge in [-0.2, -0.15) is 0 Å². The Labute approximate surface area is 188 Å². The van der Waals surface area contributed by atoms with Crippen molar-refractivity contribution >= 4 is 28.4 Å². The van der Waals surface area contributed by atoms with Gasteiger partial charge >= 0.3 is 6.03 Å². The second kappa shape index (κ2) is 9.42. The molecule has 2 amide bonds. The van der Waals surface area contributed by atoms with E-state index in [1.165, 1.54) is 6.07 Å². The minimum absolute atomic E-state index is 0.00653. The number of nitrogens with zero attached hydrogens (tertiary/aromatic N) is 3. The summed E-state index contributed by atoms with van der Waals surface area (Å²) in [5, 5.41) is 4.71. The Morgan fingerprint density at radius 1 is 1.09 bits per heavy atom. The predicted molar refractivity (Wildman–Crippen MR) is 127 cm³/mol. The molecular weight excluding hydrogens is 405 g/mol. The molecule has 1 fully saturated rings. The first-order valence-electron chi connectivity index (χ1n) is 11.1.